The van der Waals surface area contributed by atoms with Crippen LogP contribution in [0.3, 0.4) is 0 Å². The lowest BCUT2D eigenvalue weighted by Gasteiger charge is -2.11. The van der Waals surface area contributed by atoms with Crippen LogP contribution in [0.2, 0.25) is 0 Å². The fourth-order valence-electron chi connectivity index (χ4n) is 1.76. The van der Waals surface area contributed by atoms with Crippen molar-refractivity contribution in [3.63, 3.8) is 0 Å². The van der Waals surface area contributed by atoms with Crippen molar-refractivity contribution in [2.45, 2.75) is 19.4 Å². The number of hydrogen-bond acceptors (Lipinski definition) is 1. The summed E-state index contributed by atoms with van der Waals surface area (Å²) in [4.78, 5) is 0. The normalized spacial score (nSPS) is 10.5. The number of hydrogen-bond donors (Lipinski definition) is 0. The lowest BCUT2D eigenvalue weighted by molar-refractivity contribution is 0.296. The molecule has 0 atom stereocenters. The highest BCUT2D eigenvalue weighted by Crippen LogP contribution is 2.23. The second-order valence-corrected chi connectivity index (χ2v) is 4.54. The molecule has 0 saturated heterocycles. The molecule has 0 radical (unpaired) electrons. The molecule has 0 bridgehead atoms. The molecule has 0 aromatic heterocycles. The van der Waals surface area contributed by atoms with E-state index in [-0.39, 0.29) is 12.2 Å². The fourth-order valence-corrected chi connectivity index (χ4v) is 1.97. The minimum absolute atomic E-state index is 0.0312. The van der Waals surface area contributed by atoms with Crippen LogP contribution in [0.25, 0.3) is 0 Å². The summed E-state index contributed by atoms with van der Waals surface area (Å²) in [5, 5.41) is 0. The number of alkyl halides is 1. The first-order valence-electron chi connectivity index (χ1n) is 5.82. The van der Waals surface area contributed by atoms with E-state index in [0.717, 1.165) is 29.3 Å². The van der Waals surface area contributed by atoms with Gasteiger partial charge in [-0.3, -0.25) is 0 Å². The molecule has 100 valence electrons. The summed E-state index contributed by atoms with van der Waals surface area (Å²) in [6.07, 6.45) is 0. The largest absolute Gasteiger partial charge is 0.488 e. The number of benzene rings is 2. The Kier molecular flexibility index (Phi) is 4.38. The van der Waals surface area contributed by atoms with Gasteiger partial charge in [0, 0.05) is 11.1 Å². The Morgan fingerprint density at radius 3 is 2.58 bits per heavy atom. The van der Waals surface area contributed by atoms with Crippen molar-refractivity contribution in [3.05, 3.63) is 64.7 Å². The smallest absolute Gasteiger partial charge is 0.130 e. The first-order chi connectivity index (χ1) is 9.10. The number of rotatable bonds is 4. The Bertz CT molecular complexity index is 584. The van der Waals surface area contributed by atoms with Crippen LogP contribution in [0.4, 0.5) is 8.78 Å². The van der Waals surface area contributed by atoms with Crippen LogP contribution in [-0.4, -0.2) is 0 Å². The van der Waals surface area contributed by atoms with E-state index in [4.69, 9.17) is 16.3 Å². The van der Waals surface area contributed by atoms with E-state index in [1.807, 2.05) is 19.1 Å². The van der Waals surface area contributed by atoms with Crippen LogP contribution < -0.4 is 4.74 Å². The molecule has 0 spiro atoms. The summed E-state index contributed by atoms with van der Waals surface area (Å²) in [5.41, 5.74) is 2.08. The van der Waals surface area contributed by atoms with Crippen LogP contribution in [-0.2, 0) is 12.5 Å². The molecule has 19 heavy (non-hydrogen) atoms. The second-order valence-electron chi connectivity index (χ2n) is 4.27. The van der Waals surface area contributed by atoms with E-state index >= 15 is 0 Å². The van der Waals surface area contributed by atoms with Gasteiger partial charge < -0.3 is 4.74 Å². The number of ether oxygens (including phenoxy) is 1. The first kappa shape index (κ1) is 13.8. The summed E-state index contributed by atoms with van der Waals surface area (Å²) in [7, 11) is 0. The molecular weight excluding hydrogens is 270 g/mol. The minimum atomic E-state index is -0.485. The Balaban J connectivity index is 2.16. The van der Waals surface area contributed by atoms with E-state index in [0.29, 0.717) is 11.6 Å². The van der Waals surface area contributed by atoms with Crippen molar-refractivity contribution in [1.29, 1.82) is 0 Å². The molecule has 0 fully saturated rings. The van der Waals surface area contributed by atoms with Gasteiger partial charge in [0.2, 0.25) is 0 Å². The molecule has 0 N–H and O–H groups in total. The Morgan fingerprint density at radius 2 is 1.84 bits per heavy atom. The fraction of sp³-hybridized carbons (Fsp3) is 0.200. The van der Waals surface area contributed by atoms with Gasteiger partial charge in [0.1, 0.15) is 24.0 Å². The predicted octanol–water partition coefficient (Wildman–Crippen LogP) is 4.59. The molecule has 0 saturated carbocycles. The van der Waals surface area contributed by atoms with Gasteiger partial charge in [0.05, 0.1) is 5.88 Å². The van der Waals surface area contributed by atoms with Crippen LogP contribution in [0.15, 0.2) is 36.4 Å². The number of aryl methyl sites for hydroxylation is 1. The van der Waals surface area contributed by atoms with Crippen LogP contribution >= 0.6 is 11.6 Å². The average Bonchev–Trinajstić information content (AvgIpc) is 2.40. The van der Waals surface area contributed by atoms with Crippen molar-refractivity contribution < 1.29 is 13.5 Å². The Labute approximate surface area is 115 Å². The van der Waals surface area contributed by atoms with Crippen molar-refractivity contribution in [2.24, 2.45) is 0 Å². The van der Waals surface area contributed by atoms with Gasteiger partial charge >= 0.3 is 0 Å². The summed E-state index contributed by atoms with van der Waals surface area (Å²) >= 11 is 5.83. The standard InChI is InChI=1S/C15H13ClF2O/c1-10-2-5-15(11(6-10)8-16)19-9-12-7-13(17)3-4-14(12)18/h2-7H,8-9H2,1H3. The van der Waals surface area contributed by atoms with Gasteiger partial charge in [0.15, 0.2) is 0 Å². The zero-order valence-corrected chi connectivity index (χ0v) is 11.2. The van der Waals surface area contributed by atoms with Gasteiger partial charge in [-0.05, 0) is 31.2 Å². The van der Waals surface area contributed by atoms with Gasteiger partial charge in [-0.25, -0.2) is 8.78 Å². The quantitative estimate of drug-likeness (QED) is 0.745. The maximum absolute atomic E-state index is 13.4. The summed E-state index contributed by atoms with van der Waals surface area (Å²) in [6.45, 7) is 1.92. The Morgan fingerprint density at radius 1 is 1.05 bits per heavy atom. The summed E-state index contributed by atoms with van der Waals surface area (Å²) in [6, 6.07) is 8.87. The van der Waals surface area contributed by atoms with Gasteiger partial charge in [-0.1, -0.05) is 17.7 Å². The molecule has 2 rings (SSSR count). The molecule has 2 aromatic rings. The zero-order chi connectivity index (χ0) is 13.8. The van der Waals surface area contributed by atoms with E-state index in [2.05, 4.69) is 0 Å². The third kappa shape index (κ3) is 3.44. The zero-order valence-electron chi connectivity index (χ0n) is 10.4. The lowest BCUT2D eigenvalue weighted by Crippen LogP contribution is -2.01. The van der Waals surface area contributed by atoms with Crippen molar-refractivity contribution in [3.8, 4) is 5.75 Å². The number of halogens is 3. The molecule has 1 nitrogen and oxygen atoms in total. The van der Waals surface area contributed by atoms with Gasteiger partial charge in [0.25, 0.3) is 0 Å². The first-order valence-corrected chi connectivity index (χ1v) is 6.36. The highest BCUT2D eigenvalue weighted by atomic mass is 35.5. The summed E-state index contributed by atoms with van der Waals surface area (Å²) in [5.74, 6) is -0.0745. The van der Waals surface area contributed by atoms with E-state index in [9.17, 15) is 8.78 Å². The second kappa shape index (κ2) is 6.02. The topological polar surface area (TPSA) is 9.23 Å². The van der Waals surface area contributed by atoms with Crippen LogP contribution in [0, 0.1) is 18.6 Å². The van der Waals surface area contributed by atoms with Gasteiger partial charge in [-0.2, -0.15) is 0 Å². The molecule has 0 aliphatic carbocycles. The highest BCUT2D eigenvalue weighted by Gasteiger charge is 2.07. The SMILES string of the molecule is Cc1ccc(OCc2cc(F)ccc2F)c(CCl)c1. The Hall–Kier alpha value is -1.61. The van der Waals surface area contributed by atoms with Crippen LogP contribution in [0.1, 0.15) is 16.7 Å². The molecule has 0 aliphatic rings. The predicted molar refractivity (Wildman–Crippen MR) is 71.4 cm³/mol. The molecule has 0 unspecified atom stereocenters. The molecule has 0 aliphatic heterocycles. The van der Waals surface area contributed by atoms with Crippen molar-refractivity contribution in [1.82, 2.24) is 0 Å². The molecule has 0 amide bonds. The monoisotopic (exact) mass is 282 g/mol. The van der Waals surface area contributed by atoms with Crippen LogP contribution in [0.5, 0.6) is 5.75 Å². The van der Waals surface area contributed by atoms with E-state index in [1.165, 1.54) is 0 Å². The average molecular weight is 283 g/mol. The van der Waals surface area contributed by atoms with E-state index < -0.39 is 11.6 Å². The minimum Gasteiger partial charge on any atom is -0.488 e. The van der Waals surface area contributed by atoms with Gasteiger partial charge in [-0.15, -0.1) is 11.6 Å². The maximum atomic E-state index is 13.4. The van der Waals surface area contributed by atoms with Crippen molar-refractivity contribution in [2.75, 3.05) is 0 Å². The molecule has 2 aromatic carbocycles. The third-order valence-corrected chi connectivity index (χ3v) is 3.04. The van der Waals surface area contributed by atoms with E-state index in [1.54, 1.807) is 6.07 Å². The highest BCUT2D eigenvalue weighted by molar-refractivity contribution is 6.17. The van der Waals surface area contributed by atoms with Crippen molar-refractivity contribution >= 4 is 11.6 Å². The molecular formula is C15H13ClF2O. The molecule has 0 heterocycles. The maximum Gasteiger partial charge on any atom is 0.130 e. The summed E-state index contributed by atoms with van der Waals surface area (Å²) < 4.78 is 32.0. The lowest BCUT2D eigenvalue weighted by atomic mass is 10.1. The third-order valence-electron chi connectivity index (χ3n) is 2.75. The molecule has 4 heteroatoms.